The number of halogens is 3. The third-order valence-corrected chi connectivity index (χ3v) is 21.2. The Morgan fingerprint density at radius 3 is 1.89 bits per heavy atom. The molecule has 10 bridgehead atoms. The molecule has 2 saturated heterocycles. The molecule has 18 atom stereocenters. The quantitative estimate of drug-likeness (QED) is 0.0592. The minimum absolute atomic E-state index is 0.110. The second-order valence-electron chi connectivity index (χ2n) is 29.2. The van der Waals surface area contributed by atoms with E-state index in [4.69, 9.17) is 69.0 Å². The highest BCUT2D eigenvalue weighted by atomic mass is 35.5. The number of carboxylic acid groups (broad SMARTS) is 1. The minimum Gasteiger partial charge on any atom is -0.508 e. The summed E-state index contributed by atoms with van der Waals surface area (Å²) in [4.78, 5) is 114. The maximum atomic E-state index is 15.2. The fourth-order valence-electron chi connectivity index (χ4n) is 14.0. The number of likely N-dealkylation sites (N-methyl/N-ethyl adjacent to an activating group) is 1. The number of aliphatic hydroxyl groups excluding tert-OH is 6. The molecule has 0 radical (unpaired) electrons. The fraction of sp³-hybridized carbons (Fsp3) is 0.375. The lowest BCUT2D eigenvalue weighted by Crippen LogP contribution is -2.65. The summed E-state index contributed by atoms with van der Waals surface area (Å²) in [5.74, 6) is -14.4. The topological polar surface area (TPSA) is 517 Å². The van der Waals surface area contributed by atoms with Gasteiger partial charge in [-0.1, -0.05) is 109 Å². The summed E-state index contributed by atoms with van der Waals surface area (Å²) in [6, 6.07) is 17.5. The zero-order chi connectivity index (χ0) is 84.0. The summed E-state index contributed by atoms with van der Waals surface area (Å²) >= 11 is 20.3. The lowest BCUT2D eigenvalue weighted by molar-refractivity contribution is -0.334. The SMILES string of the molecule is CN[C@H](CC(C)C)C(=O)N[C@H]1C(=O)N[C@@H](CC(N)=O)C(=O)N[C@H](C)C(=O)NC2C(=O)N[C@H](C(=O)N[C@H](C(=O)O)c3cc(O)cc(O)c3-c3cc2ccc3O)[C@H](O)c2ccc(c(Cl)c2)Oc2cccc(c2OC2OC(CO)C(O)C(O)C2OC2CC(C)(NCc3ccc(-c4ccc(Cl)cc4)cc3)C(O)C(C)O2)Oc2ccc(cc2Cl)[C@H]1O. The Balaban J connectivity index is 1.01. The number of phenolic OH excluding ortho intramolecular Hbond substituents is 3. The first-order chi connectivity index (χ1) is 55.0. The van der Waals surface area contributed by atoms with Gasteiger partial charge in [-0.15, -0.1) is 0 Å². The third-order valence-electron chi connectivity index (χ3n) is 20.3. The number of aromatic hydroxyl groups is 3. The highest BCUT2D eigenvalue weighted by molar-refractivity contribution is 6.32. The molecular weight excluding hydrogens is 1580 g/mol. The Bertz CT molecular complexity index is 4840. The highest BCUT2D eigenvalue weighted by Gasteiger charge is 2.52. The first-order valence-corrected chi connectivity index (χ1v) is 37.9. The number of benzene rings is 7. The number of phenols is 3. The molecule has 7 amide bonds. The average molecular weight is 1670 g/mol. The molecule has 33 nitrogen and oxygen atoms in total. The van der Waals surface area contributed by atoms with Gasteiger partial charge in [-0.2, -0.15) is 0 Å². The molecule has 6 aliphatic heterocycles. The molecule has 0 aromatic heterocycles. The number of aliphatic carboxylic acids is 1. The van der Waals surface area contributed by atoms with Crippen LogP contribution in [-0.4, -0.2) is 197 Å². The van der Waals surface area contributed by atoms with Crippen LogP contribution in [0.3, 0.4) is 0 Å². The normalized spacial score (nSPS) is 26.9. The minimum atomic E-state index is -2.32. The molecule has 0 saturated carbocycles. The average Bonchev–Trinajstić information content (AvgIpc) is 0.762. The first kappa shape index (κ1) is 86.4. The Morgan fingerprint density at radius 2 is 1.29 bits per heavy atom. The lowest BCUT2D eigenvalue weighted by atomic mass is 9.84. The summed E-state index contributed by atoms with van der Waals surface area (Å²) in [5.41, 5.74) is 4.92. The molecule has 10 unspecified atom stereocenters. The predicted octanol–water partition coefficient (Wildman–Crippen LogP) is 4.59. The number of nitrogens with two attached hydrogens (primary N) is 1. The van der Waals surface area contributed by atoms with Gasteiger partial charge in [0.15, 0.2) is 29.9 Å². The van der Waals surface area contributed by atoms with Crippen molar-refractivity contribution in [3.8, 4) is 68.2 Å². The van der Waals surface area contributed by atoms with Gasteiger partial charge in [0.1, 0.15) is 89.5 Å². The van der Waals surface area contributed by atoms with E-state index in [1.807, 2.05) is 50.2 Å². The number of ether oxygens (including phenoxy) is 6. The van der Waals surface area contributed by atoms with Gasteiger partial charge in [-0.05, 0) is 140 Å². The number of aliphatic hydroxyl groups is 6. The van der Waals surface area contributed by atoms with Crippen LogP contribution in [0.4, 0.5) is 0 Å². The molecule has 0 aliphatic carbocycles. The van der Waals surface area contributed by atoms with E-state index in [-0.39, 0.29) is 75.0 Å². The van der Waals surface area contributed by atoms with Crippen LogP contribution < -0.4 is 62.5 Å². The van der Waals surface area contributed by atoms with E-state index in [0.717, 1.165) is 66.1 Å². The maximum absolute atomic E-state index is 15.2. The van der Waals surface area contributed by atoms with Crippen molar-refractivity contribution >= 4 is 82.1 Å². The molecule has 618 valence electrons. The first-order valence-electron chi connectivity index (χ1n) is 36.7. The molecule has 6 aliphatic rings. The number of nitrogens with one attached hydrogen (secondary N) is 8. The van der Waals surface area contributed by atoms with Gasteiger partial charge in [0.25, 0.3) is 0 Å². The Hall–Kier alpha value is -10.5. The van der Waals surface area contributed by atoms with Gasteiger partial charge in [-0.25, -0.2) is 4.79 Å². The van der Waals surface area contributed by atoms with Crippen LogP contribution >= 0.6 is 34.8 Å². The molecule has 0 spiro atoms. The smallest absolute Gasteiger partial charge is 0.330 e. The molecule has 2 fully saturated rings. The number of hydrogen-bond donors (Lipinski definition) is 19. The molecule has 13 rings (SSSR count). The van der Waals surface area contributed by atoms with Gasteiger partial charge < -0.3 is 128 Å². The van der Waals surface area contributed by atoms with Crippen molar-refractivity contribution in [2.45, 2.75) is 170 Å². The standard InChI is InChI=1S/C80H88Cl3N9O24/c1-34(2)24-49(85-6)73(104)91-63-65(98)41-17-22-53(47(82)26-41)112-55-8-7-9-56(69(55)116-79-70(68(101)67(100)57(33-93)114-79)115-59-31-80(5,71(102)36(4)111-59)86-32-37-10-12-38(13-11-37)39-14-19-43(81)20-15-39)113-54-23-18-42(27-48(54)83)66(99)64-77(108)90-62(78(109)110)46-28-44(94)29-52(96)60(46)45-25-40(16-21-51(45)95)61(75(106)92-64)89-72(103)35(3)87-74(105)50(30-58(84)97)88-76(63)107/h7-23,25-29,34-36,49-50,57,59,61-68,70-71,79,85-86,93-96,98-102H,24,30-33H2,1-6H3,(H2,84,97)(H,87,105)(H,88,107)(H,89,103)(H,90,108)(H,91,104)(H,92,106)(H,109,110)/t35-,36?,49-,50+,57?,59?,61?,62+,63-,64+,65-,66-,67?,68?,70?,71?,79?,80?/m1/s1. The Kier molecular flexibility index (Phi) is 27.4. The zero-order valence-corrected chi connectivity index (χ0v) is 65.3. The van der Waals surface area contributed by atoms with Crippen LogP contribution in [0.5, 0.6) is 46.0 Å². The Morgan fingerprint density at radius 1 is 0.672 bits per heavy atom. The molecule has 6 heterocycles. The molecular formula is C80H88Cl3N9O24. The number of rotatable bonds is 17. The van der Waals surface area contributed by atoms with Crippen LogP contribution in [0.15, 0.2) is 133 Å². The van der Waals surface area contributed by atoms with Gasteiger partial charge in [0, 0.05) is 46.3 Å². The molecule has 36 heteroatoms. The van der Waals surface area contributed by atoms with E-state index < -0.39 is 209 Å². The fourth-order valence-corrected chi connectivity index (χ4v) is 14.6. The van der Waals surface area contributed by atoms with Crippen molar-refractivity contribution in [1.82, 2.24) is 42.5 Å². The van der Waals surface area contributed by atoms with E-state index in [2.05, 4.69) is 42.5 Å². The number of carbonyl (C=O) groups excluding carboxylic acids is 7. The highest BCUT2D eigenvalue weighted by Crippen LogP contribution is 2.48. The van der Waals surface area contributed by atoms with Crippen LogP contribution in [0.1, 0.15) is 106 Å². The summed E-state index contributed by atoms with van der Waals surface area (Å²) in [7, 11) is 1.47. The van der Waals surface area contributed by atoms with Gasteiger partial charge in [-0.3, -0.25) is 33.6 Å². The summed E-state index contributed by atoms with van der Waals surface area (Å²) in [6.07, 6.45) is -17.8. The van der Waals surface area contributed by atoms with E-state index in [9.17, 15) is 84.6 Å². The largest absolute Gasteiger partial charge is 0.508 e. The van der Waals surface area contributed by atoms with E-state index >= 15 is 4.79 Å². The number of carboxylic acids is 1. The number of carbonyl (C=O) groups is 8. The molecule has 116 heavy (non-hydrogen) atoms. The van der Waals surface area contributed by atoms with Crippen LogP contribution in [0.25, 0.3) is 22.3 Å². The molecule has 7 aromatic rings. The van der Waals surface area contributed by atoms with Crippen molar-refractivity contribution < 1.29 is 118 Å². The molecule has 7 aromatic carbocycles. The van der Waals surface area contributed by atoms with Crippen molar-refractivity contribution in [3.05, 3.63) is 176 Å². The summed E-state index contributed by atoms with van der Waals surface area (Å²) in [6.45, 7) is 7.42. The maximum Gasteiger partial charge on any atom is 0.330 e. The predicted molar refractivity (Wildman–Crippen MR) is 416 cm³/mol. The zero-order valence-electron chi connectivity index (χ0n) is 63.0. The van der Waals surface area contributed by atoms with Crippen LogP contribution in [0.2, 0.25) is 15.1 Å². The van der Waals surface area contributed by atoms with Gasteiger partial charge >= 0.3 is 5.97 Å². The van der Waals surface area contributed by atoms with E-state index in [1.54, 1.807) is 26.0 Å². The number of fused-ring (bicyclic) bond motifs is 6. The Labute approximate surface area is 678 Å². The third kappa shape index (κ3) is 19.6. The van der Waals surface area contributed by atoms with E-state index in [0.29, 0.717) is 5.02 Å². The van der Waals surface area contributed by atoms with Crippen molar-refractivity contribution in [1.29, 1.82) is 0 Å². The van der Waals surface area contributed by atoms with Crippen molar-refractivity contribution in [2.75, 3.05) is 13.7 Å². The van der Waals surface area contributed by atoms with Crippen LogP contribution in [-0.2, 0) is 59.1 Å². The second-order valence-corrected chi connectivity index (χ2v) is 30.5. The second kappa shape index (κ2) is 36.8. The number of primary amides is 1. The number of para-hydroxylation sites is 1. The summed E-state index contributed by atoms with van der Waals surface area (Å²) < 4.78 is 38.8. The van der Waals surface area contributed by atoms with Crippen molar-refractivity contribution in [2.24, 2.45) is 11.7 Å². The van der Waals surface area contributed by atoms with Gasteiger partial charge in [0.2, 0.25) is 53.4 Å². The number of hydrogen-bond acceptors (Lipinski definition) is 25. The van der Waals surface area contributed by atoms with E-state index in [1.165, 1.54) is 49.5 Å². The summed E-state index contributed by atoms with van der Waals surface area (Å²) in [5, 5.41) is 136. The van der Waals surface area contributed by atoms with Crippen molar-refractivity contribution in [3.63, 3.8) is 0 Å². The van der Waals surface area contributed by atoms with Crippen LogP contribution in [0, 0.1) is 5.92 Å². The lowest BCUT2D eigenvalue weighted by Gasteiger charge is -2.48. The van der Waals surface area contributed by atoms with Gasteiger partial charge in [0.05, 0.1) is 41.3 Å². The molecule has 20 N–H and O–H groups in total. The monoisotopic (exact) mass is 1660 g/mol. The number of amides is 7.